The third-order valence-corrected chi connectivity index (χ3v) is 13.4. The first kappa shape index (κ1) is 44.1. The van der Waals surface area contributed by atoms with E-state index in [2.05, 4.69) is 10.2 Å². The van der Waals surface area contributed by atoms with E-state index in [9.17, 15) is 47.2 Å². The summed E-state index contributed by atoms with van der Waals surface area (Å²) in [5, 5.41) is 11.4. The van der Waals surface area contributed by atoms with Gasteiger partial charge in [0.05, 0.1) is 40.6 Å². The summed E-state index contributed by atoms with van der Waals surface area (Å²) in [6.07, 6.45) is -2.97. The number of halogens is 3. The highest BCUT2D eigenvalue weighted by atomic mass is 32.1. The average Bonchev–Trinajstić information content (AvgIpc) is 3.92. The van der Waals surface area contributed by atoms with Gasteiger partial charge < -0.3 is 19.4 Å². The number of fused-ring (bicyclic) bond motifs is 1. The zero-order chi connectivity index (χ0) is 46.8. The molecule has 2 unspecified atom stereocenters. The molecule has 4 aromatic carbocycles. The number of hydrogen-bond acceptors (Lipinski definition) is 10. The number of benzene rings is 4. The van der Waals surface area contributed by atoms with Crippen LogP contribution in [0.1, 0.15) is 77.8 Å². The molecule has 18 heteroatoms. The van der Waals surface area contributed by atoms with Crippen molar-refractivity contribution in [3.8, 4) is 22.9 Å². The van der Waals surface area contributed by atoms with Gasteiger partial charge in [0.25, 0.3) is 17.7 Å². The van der Waals surface area contributed by atoms with Crippen molar-refractivity contribution in [2.45, 2.75) is 69.8 Å². The van der Waals surface area contributed by atoms with Crippen molar-refractivity contribution in [2.75, 3.05) is 40.9 Å². The van der Waals surface area contributed by atoms with Crippen molar-refractivity contribution in [1.82, 2.24) is 15.1 Å². The van der Waals surface area contributed by atoms with Crippen LogP contribution in [-0.4, -0.2) is 94.2 Å². The normalized spacial score (nSPS) is 21.1. The molecule has 9 rings (SSSR count). The molecule has 4 saturated heterocycles. The number of piperidine rings is 2. The average molecular weight is 918 g/mol. The third-order valence-electron chi connectivity index (χ3n) is 13.1. The van der Waals surface area contributed by atoms with Crippen molar-refractivity contribution in [1.29, 1.82) is 5.26 Å². The van der Waals surface area contributed by atoms with Crippen molar-refractivity contribution < 1.29 is 46.7 Å². The summed E-state index contributed by atoms with van der Waals surface area (Å²) in [4.78, 5) is 85.5. The molecule has 0 aromatic heterocycles. The number of nitriles is 1. The summed E-state index contributed by atoms with van der Waals surface area (Å²) in [5.74, 6) is -2.17. The number of hydrogen-bond donors (Lipinski definition) is 1. The Labute approximate surface area is 382 Å². The maximum absolute atomic E-state index is 13.8. The fourth-order valence-corrected chi connectivity index (χ4v) is 10.0. The van der Waals surface area contributed by atoms with Crippen LogP contribution in [0.2, 0.25) is 0 Å². The number of alkyl halides is 3. The number of imide groups is 2. The first-order valence-corrected chi connectivity index (χ1v) is 21.9. The molecule has 6 amide bonds. The predicted molar refractivity (Wildman–Crippen MR) is 238 cm³/mol. The number of amides is 6. The molecule has 0 spiro atoms. The van der Waals surface area contributed by atoms with E-state index < -0.39 is 58.4 Å². The van der Waals surface area contributed by atoms with Gasteiger partial charge in [0.1, 0.15) is 23.4 Å². The van der Waals surface area contributed by atoms with Crippen LogP contribution >= 0.6 is 12.2 Å². The molecule has 0 aliphatic carbocycles. The van der Waals surface area contributed by atoms with Crippen LogP contribution in [0.15, 0.2) is 84.9 Å². The van der Waals surface area contributed by atoms with Crippen LogP contribution in [-0.2, 0) is 25.4 Å². The van der Waals surface area contributed by atoms with Crippen molar-refractivity contribution in [2.24, 2.45) is 5.92 Å². The number of ether oxygens (including phenoxy) is 1. The number of rotatable bonds is 8. The van der Waals surface area contributed by atoms with E-state index in [0.717, 1.165) is 38.7 Å². The number of likely N-dealkylation sites (tertiary alicyclic amines) is 1. The summed E-state index contributed by atoms with van der Waals surface area (Å²) in [6, 6.07) is 23.5. The lowest BCUT2D eigenvalue weighted by Crippen LogP contribution is -2.54. The summed E-state index contributed by atoms with van der Waals surface area (Å²) in [5.41, 5.74) is 0.477. The van der Waals surface area contributed by atoms with Gasteiger partial charge in [-0.1, -0.05) is 24.3 Å². The topological polar surface area (TPSA) is 164 Å². The Kier molecular flexibility index (Phi) is 11.2. The molecule has 4 aromatic rings. The number of nitrogens with zero attached hydrogens (tertiary/aromatic N) is 6. The Morgan fingerprint density at radius 3 is 2.09 bits per heavy atom. The van der Waals surface area contributed by atoms with E-state index in [1.807, 2.05) is 41.3 Å². The summed E-state index contributed by atoms with van der Waals surface area (Å²) in [7, 11) is 0. The van der Waals surface area contributed by atoms with Crippen LogP contribution < -0.4 is 24.8 Å². The van der Waals surface area contributed by atoms with Gasteiger partial charge in [0.15, 0.2) is 5.11 Å². The van der Waals surface area contributed by atoms with Gasteiger partial charge in [-0.05, 0) is 117 Å². The van der Waals surface area contributed by atoms with Crippen molar-refractivity contribution in [3.63, 3.8) is 0 Å². The number of carbonyl (C=O) groups excluding carboxylic acids is 6. The Hall–Kier alpha value is -7.13. The molecule has 0 saturated carbocycles. The minimum atomic E-state index is -4.80. The third kappa shape index (κ3) is 7.80. The Bertz CT molecular complexity index is 2770. The zero-order valence-electron chi connectivity index (χ0n) is 35.8. The van der Waals surface area contributed by atoms with Gasteiger partial charge in [0.2, 0.25) is 17.7 Å². The number of thiocarbonyl (C=S) groups is 1. The molecule has 14 nitrogen and oxygen atoms in total. The second-order valence-electron chi connectivity index (χ2n) is 17.5. The zero-order valence-corrected chi connectivity index (χ0v) is 36.6. The van der Waals surface area contributed by atoms with Gasteiger partial charge >= 0.3 is 6.18 Å². The molecule has 2 atom stereocenters. The lowest BCUT2D eigenvalue weighted by molar-refractivity contribution is -0.138. The lowest BCUT2D eigenvalue weighted by Gasteiger charge is -2.34. The standard InChI is InChI=1S/C48H42F3N7O7S/c1-47(2)45(64)56(33-10-5-30(25-52)38(24-33)48(49,50)51)46(66)58(47)31-8-3-27(4-9-31)28-6-12-34(13-7-28)65-35-19-22-55(26-35)42(61)29-17-20-54(21-18-29)32-11-14-36-37(23-32)44(63)57(43(36)62)39-15-16-40(59)53-41(39)60/h3-14,23-24,29,35,39H,15-22,26H2,1-2H3,(H,53,59,60). The van der Waals surface area contributed by atoms with Gasteiger partial charge in [-0.3, -0.25) is 43.9 Å². The second-order valence-corrected chi connectivity index (χ2v) is 17.8. The Balaban J connectivity index is 0.777. The first-order valence-electron chi connectivity index (χ1n) is 21.5. The number of anilines is 3. The van der Waals surface area contributed by atoms with Gasteiger partial charge in [-0.25, -0.2) is 0 Å². The first-order chi connectivity index (χ1) is 31.4. The quantitative estimate of drug-likeness (QED) is 0.153. The fourth-order valence-electron chi connectivity index (χ4n) is 9.50. The summed E-state index contributed by atoms with van der Waals surface area (Å²) < 4.78 is 47.6. The van der Waals surface area contributed by atoms with Gasteiger partial charge in [-0.15, -0.1) is 0 Å². The molecular formula is C48H42F3N7O7S. The van der Waals surface area contributed by atoms with Gasteiger partial charge in [-0.2, -0.15) is 18.4 Å². The SMILES string of the molecule is CC1(C)C(=O)N(c2ccc(C#N)c(C(F)(F)F)c2)C(=S)N1c1ccc(-c2ccc(OC3CCN(C(=O)C4CCN(c5ccc6c(c5)C(=O)N(C5CCC(=O)NC5=O)C6=O)CC4)C3)cc2)cc1. The van der Waals surface area contributed by atoms with E-state index in [4.69, 9.17) is 17.0 Å². The largest absolute Gasteiger partial charge is 0.489 e. The van der Waals surface area contributed by atoms with E-state index in [1.54, 1.807) is 55.1 Å². The Morgan fingerprint density at radius 2 is 1.44 bits per heavy atom. The van der Waals surface area contributed by atoms with Crippen LogP contribution in [0.25, 0.3) is 11.1 Å². The van der Waals surface area contributed by atoms with Crippen LogP contribution in [0.5, 0.6) is 5.75 Å². The molecule has 5 aliphatic heterocycles. The smallest absolute Gasteiger partial charge is 0.417 e. The monoisotopic (exact) mass is 917 g/mol. The summed E-state index contributed by atoms with van der Waals surface area (Å²) >= 11 is 5.68. The van der Waals surface area contributed by atoms with E-state index in [1.165, 1.54) is 6.07 Å². The molecule has 0 radical (unpaired) electrons. The summed E-state index contributed by atoms with van der Waals surface area (Å²) in [6.45, 7) is 5.46. The van der Waals surface area contributed by atoms with Crippen LogP contribution in [0.3, 0.4) is 0 Å². The highest BCUT2D eigenvalue weighted by molar-refractivity contribution is 7.81. The van der Waals surface area contributed by atoms with Crippen LogP contribution in [0, 0.1) is 17.2 Å². The molecule has 5 aliphatic rings. The minimum Gasteiger partial charge on any atom is -0.489 e. The minimum absolute atomic E-state index is 0.00407. The molecular weight excluding hydrogens is 876 g/mol. The van der Waals surface area contributed by atoms with Crippen molar-refractivity contribution >= 4 is 69.8 Å². The molecule has 5 heterocycles. The highest BCUT2D eigenvalue weighted by Crippen LogP contribution is 2.41. The van der Waals surface area contributed by atoms with Gasteiger partial charge in [0, 0.05) is 49.8 Å². The number of carbonyl (C=O) groups is 6. The van der Waals surface area contributed by atoms with E-state index in [0.29, 0.717) is 56.9 Å². The fraction of sp³-hybridized carbons (Fsp3) is 0.333. The van der Waals surface area contributed by atoms with E-state index >= 15 is 0 Å². The molecule has 66 heavy (non-hydrogen) atoms. The molecule has 4 fully saturated rings. The molecule has 1 N–H and O–H groups in total. The molecule has 338 valence electrons. The predicted octanol–water partition coefficient (Wildman–Crippen LogP) is 6.46. The molecule has 0 bridgehead atoms. The number of nitrogens with one attached hydrogen (secondary N) is 1. The maximum Gasteiger partial charge on any atom is 0.417 e. The lowest BCUT2D eigenvalue weighted by atomic mass is 9.94. The van der Waals surface area contributed by atoms with Crippen molar-refractivity contribution in [3.05, 3.63) is 107 Å². The van der Waals surface area contributed by atoms with E-state index in [-0.39, 0.29) is 52.7 Å². The Morgan fingerprint density at radius 1 is 0.803 bits per heavy atom. The maximum atomic E-state index is 13.8. The highest BCUT2D eigenvalue weighted by Gasteiger charge is 2.51. The van der Waals surface area contributed by atoms with Crippen LogP contribution in [0.4, 0.5) is 30.2 Å². The second kappa shape index (κ2) is 16.7.